The van der Waals surface area contributed by atoms with Crippen molar-refractivity contribution in [3.63, 3.8) is 0 Å². The molecule has 1 nitrogen and oxygen atoms in total. The first kappa shape index (κ1) is 12.2. The van der Waals surface area contributed by atoms with Crippen LogP contribution in [0, 0.1) is 0 Å². The van der Waals surface area contributed by atoms with Gasteiger partial charge < -0.3 is 5.11 Å². The summed E-state index contributed by atoms with van der Waals surface area (Å²) < 4.78 is 0. The van der Waals surface area contributed by atoms with E-state index in [4.69, 9.17) is 0 Å². The second kappa shape index (κ2) is 5.89. The highest BCUT2D eigenvalue weighted by molar-refractivity contribution is 7.99. The van der Waals surface area contributed by atoms with Crippen LogP contribution >= 0.6 is 11.8 Å². The van der Waals surface area contributed by atoms with E-state index < -0.39 is 0 Å². The van der Waals surface area contributed by atoms with Gasteiger partial charge in [-0.3, -0.25) is 0 Å². The fraction of sp³-hybridized carbons (Fsp3) is 0.200. The predicted octanol–water partition coefficient (Wildman–Crippen LogP) is 4.03. The van der Waals surface area contributed by atoms with Gasteiger partial charge in [0.05, 0.1) is 6.61 Å². The quantitative estimate of drug-likeness (QED) is 0.819. The Bertz CT molecular complexity index is 467. The average Bonchev–Trinajstić information content (AvgIpc) is 2.40. The zero-order chi connectivity index (χ0) is 12.1. The lowest BCUT2D eigenvalue weighted by Gasteiger charge is -2.13. The lowest BCUT2D eigenvalue weighted by Crippen LogP contribution is -1.91. The third-order valence-electron chi connectivity index (χ3n) is 2.72. The lowest BCUT2D eigenvalue weighted by atomic mass is 10.2. The van der Waals surface area contributed by atoms with Crippen molar-refractivity contribution < 1.29 is 5.11 Å². The Kier molecular flexibility index (Phi) is 4.24. The first-order valence-corrected chi connectivity index (χ1v) is 6.59. The minimum Gasteiger partial charge on any atom is -0.392 e. The Labute approximate surface area is 107 Å². The van der Waals surface area contributed by atoms with Crippen molar-refractivity contribution in [2.45, 2.75) is 23.7 Å². The predicted molar refractivity (Wildman–Crippen MR) is 73.1 cm³/mol. The van der Waals surface area contributed by atoms with E-state index in [2.05, 4.69) is 37.3 Å². The van der Waals surface area contributed by atoms with Crippen LogP contribution in [-0.2, 0) is 6.61 Å². The van der Waals surface area contributed by atoms with E-state index in [-0.39, 0.29) is 6.61 Å². The molecule has 0 spiro atoms. The summed E-state index contributed by atoms with van der Waals surface area (Å²) in [5.41, 5.74) is 2.31. The van der Waals surface area contributed by atoms with Crippen molar-refractivity contribution in [2.75, 3.05) is 0 Å². The summed E-state index contributed by atoms with van der Waals surface area (Å²) in [6.45, 7) is 2.29. The fourth-order valence-electron chi connectivity index (χ4n) is 1.73. The number of thioether (sulfide) groups is 1. The summed E-state index contributed by atoms with van der Waals surface area (Å²) in [6.07, 6.45) is 0. The van der Waals surface area contributed by atoms with Crippen LogP contribution in [0.5, 0.6) is 0 Å². The molecule has 0 aliphatic carbocycles. The number of rotatable bonds is 4. The first-order valence-electron chi connectivity index (χ1n) is 5.71. The van der Waals surface area contributed by atoms with E-state index in [1.165, 1.54) is 5.56 Å². The van der Waals surface area contributed by atoms with Crippen LogP contribution in [0.15, 0.2) is 59.5 Å². The normalized spacial score (nSPS) is 12.4. The van der Waals surface area contributed by atoms with E-state index in [9.17, 15) is 5.11 Å². The molecule has 2 aromatic carbocycles. The van der Waals surface area contributed by atoms with E-state index in [1.54, 1.807) is 11.8 Å². The molecule has 1 N–H and O–H groups in total. The highest BCUT2D eigenvalue weighted by Gasteiger charge is 2.09. The summed E-state index contributed by atoms with van der Waals surface area (Å²) in [5.74, 6) is 0. The van der Waals surface area contributed by atoms with Gasteiger partial charge in [-0.15, -0.1) is 11.8 Å². The number of hydrogen-bond acceptors (Lipinski definition) is 2. The molecule has 0 saturated carbocycles. The topological polar surface area (TPSA) is 20.2 Å². The van der Waals surface area contributed by atoms with Gasteiger partial charge in [0.15, 0.2) is 0 Å². The zero-order valence-electron chi connectivity index (χ0n) is 9.84. The van der Waals surface area contributed by atoms with Crippen molar-refractivity contribution in [3.8, 4) is 0 Å². The fourth-order valence-corrected chi connectivity index (χ4v) is 2.85. The molecule has 0 aliphatic rings. The van der Waals surface area contributed by atoms with Crippen molar-refractivity contribution in [1.82, 2.24) is 0 Å². The molecule has 0 saturated heterocycles. The van der Waals surface area contributed by atoms with Crippen LogP contribution in [0.4, 0.5) is 0 Å². The Morgan fingerprint density at radius 1 is 1.00 bits per heavy atom. The summed E-state index contributed by atoms with van der Waals surface area (Å²) in [6, 6.07) is 18.4. The molecule has 1 atom stereocenters. The van der Waals surface area contributed by atoms with Gasteiger partial charge >= 0.3 is 0 Å². The van der Waals surface area contributed by atoms with E-state index in [1.807, 2.05) is 24.3 Å². The second-order valence-electron chi connectivity index (χ2n) is 3.94. The van der Waals surface area contributed by atoms with Gasteiger partial charge in [-0.2, -0.15) is 0 Å². The molecular formula is C15H16OS. The maximum Gasteiger partial charge on any atom is 0.0692 e. The molecule has 0 aromatic heterocycles. The zero-order valence-corrected chi connectivity index (χ0v) is 10.7. The molecule has 0 fully saturated rings. The van der Waals surface area contributed by atoms with Gasteiger partial charge in [0, 0.05) is 10.1 Å². The van der Waals surface area contributed by atoms with Crippen LogP contribution in [0.2, 0.25) is 0 Å². The van der Waals surface area contributed by atoms with Crippen molar-refractivity contribution in [1.29, 1.82) is 0 Å². The summed E-state index contributed by atoms with van der Waals surface area (Å²) in [7, 11) is 0. The molecule has 88 valence electrons. The maximum absolute atomic E-state index is 9.29. The number of aliphatic hydroxyl groups excluding tert-OH is 1. The van der Waals surface area contributed by atoms with Gasteiger partial charge in [-0.25, -0.2) is 0 Å². The largest absolute Gasteiger partial charge is 0.392 e. The third kappa shape index (κ3) is 3.11. The highest BCUT2D eigenvalue weighted by atomic mass is 32.2. The molecule has 2 heteroatoms. The minimum atomic E-state index is 0.102. The van der Waals surface area contributed by atoms with Crippen molar-refractivity contribution >= 4 is 11.8 Å². The maximum atomic E-state index is 9.29. The molecular weight excluding hydrogens is 228 g/mol. The minimum absolute atomic E-state index is 0.102. The molecule has 1 unspecified atom stereocenters. The van der Waals surface area contributed by atoms with E-state index >= 15 is 0 Å². The summed E-state index contributed by atoms with van der Waals surface area (Å²) in [5, 5.41) is 9.68. The molecule has 0 heterocycles. The van der Waals surface area contributed by atoms with Crippen LogP contribution < -0.4 is 0 Å². The van der Waals surface area contributed by atoms with Crippen LogP contribution in [0.3, 0.4) is 0 Å². The molecule has 0 radical (unpaired) electrons. The van der Waals surface area contributed by atoms with Crippen LogP contribution in [-0.4, -0.2) is 5.11 Å². The lowest BCUT2D eigenvalue weighted by molar-refractivity contribution is 0.279. The standard InChI is InChI=1S/C15H16OS/c1-12(13-7-3-2-4-8-13)17-15-10-6-5-9-14(15)11-16/h2-10,12,16H,11H2,1H3. The Morgan fingerprint density at radius 2 is 1.65 bits per heavy atom. The van der Waals surface area contributed by atoms with Crippen molar-refractivity contribution in [3.05, 3.63) is 65.7 Å². The average molecular weight is 244 g/mol. The molecule has 0 amide bonds. The summed E-state index contributed by atoms with van der Waals surface area (Å²) in [4.78, 5) is 1.16. The van der Waals surface area contributed by atoms with Crippen molar-refractivity contribution in [2.24, 2.45) is 0 Å². The molecule has 0 aliphatic heterocycles. The van der Waals surface area contributed by atoms with E-state index in [0.29, 0.717) is 5.25 Å². The van der Waals surface area contributed by atoms with Crippen LogP contribution in [0.1, 0.15) is 23.3 Å². The Hall–Kier alpha value is -1.25. The number of benzene rings is 2. The molecule has 0 bridgehead atoms. The number of hydrogen-bond donors (Lipinski definition) is 1. The molecule has 17 heavy (non-hydrogen) atoms. The van der Waals surface area contributed by atoms with Gasteiger partial charge in [0.1, 0.15) is 0 Å². The molecule has 2 aromatic rings. The smallest absolute Gasteiger partial charge is 0.0692 e. The molecule has 2 rings (SSSR count). The third-order valence-corrected chi connectivity index (χ3v) is 3.99. The van der Waals surface area contributed by atoms with Gasteiger partial charge in [-0.05, 0) is 24.1 Å². The van der Waals surface area contributed by atoms with Gasteiger partial charge in [0.2, 0.25) is 0 Å². The first-order chi connectivity index (χ1) is 8.31. The number of aliphatic hydroxyl groups is 1. The van der Waals surface area contributed by atoms with Gasteiger partial charge in [-0.1, -0.05) is 48.5 Å². The second-order valence-corrected chi connectivity index (χ2v) is 5.32. The van der Waals surface area contributed by atoms with Crippen LogP contribution in [0.25, 0.3) is 0 Å². The Balaban J connectivity index is 2.16. The Morgan fingerprint density at radius 3 is 2.35 bits per heavy atom. The SMILES string of the molecule is CC(Sc1ccccc1CO)c1ccccc1. The highest BCUT2D eigenvalue weighted by Crippen LogP contribution is 2.36. The van der Waals surface area contributed by atoms with Gasteiger partial charge in [0.25, 0.3) is 0 Å². The van der Waals surface area contributed by atoms with E-state index in [0.717, 1.165) is 10.5 Å². The monoisotopic (exact) mass is 244 g/mol. The summed E-state index contributed by atoms with van der Waals surface area (Å²) >= 11 is 1.79.